The van der Waals surface area contributed by atoms with Gasteiger partial charge in [0.05, 0.1) is 5.02 Å². The smallest absolute Gasteiger partial charge is 0.126 e. The van der Waals surface area contributed by atoms with E-state index in [9.17, 15) is 4.39 Å². The molecule has 0 saturated heterocycles. The topological polar surface area (TPSA) is 24.9 Å². The molecule has 0 aliphatic carbocycles. The Morgan fingerprint density at radius 3 is 2.70 bits per heavy atom. The van der Waals surface area contributed by atoms with E-state index in [1.165, 1.54) is 11.8 Å². The van der Waals surface area contributed by atoms with Gasteiger partial charge in [-0.15, -0.1) is 0 Å². The van der Waals surface area contributed by atoms with Gasteiger partial charge in [-0.2, -0.15) is 0 Å². The Hall–Kier alpha value is -1.10. The third-order valence-electron chi connectivity index (χ3n) is 3.11. The number of benzene rings is 1. The standard InChI is InChI=1S/C15H16ClFN2S/c1-9-6-14(12(7-13(9)17)10(2)18-3)20-15-5-4-11(16)8-19-15/h4-8,10,18H,1-3H3. The van der Waals surface area contributed by atoms with Crippen LogP contribution in [0.25, 0.3) is 0 Å². The molecule has 106 valence electrons. The summed E-state index contributed by atoms with van der Waals surface area (Å²) in [5, 5.41) is 4.58. The van der Waals surface area contributed by atoms with Gasteiger partial charge in [0.25, 0.3) is 0 Å². The van der Waals surface area contributed by atoms with Crippen LogP contribution >= 0.6 is 23.4 Å². The van der Waals surface area contributed by atoms with Gasteiger partial charge < -0.3 is 5.32 Å². The maximum absolute atomic E-state index is 13.8. The molecular formula is C15H16ClFN2S. The van der Waals surface area contributed by atoms with Crippen molar-refractivity contribution >= 4 is 23.4 Å². The summed E-state index contributed by atoms with van der Waals surface area (Å²) in [5.74, 6) is -0.185. The van der Waals surface area contributed by atoms with Gasteiger partial charge in [-0.3, -0.25) is 0 Å². The molecule has 0 spiro atoms. The zero-order chi connectivity index (χ0) is 14.7. The van der Waals surface area contributed by atoms with Gasteiger partial charge in [-0.25, -0.2) is 9.37 Å². The summed E-state index contributed by atoms with van der Waals surface area (Å²) in [6.45, 7) is 3.77. The van der Waals surface area contributed by atoms with Crippen molar-refractivity contribution in [2.45, 2.75) is 29.8 Å². The molecule has 0 radical (unpaired) electrons. The highest BCUT2D eigenvalue weighted by Gasteiger charge is 2.14. The molecule has 1 aromatic heterocycles. The Morgan fingerprint density at radius 2 is 2.10 bits per heavy atom. The Morgan fingerprint density at radius 1 is 1.35 bits per heavy atom. The Labute approximate surface area is 127 Å². The first-order chi connectivity index (χ1) is 9.51. The highest BCUT2D eigenvalue weighted by atomic mass is 35.5. The second-order valence-corrected chi connectivity index (χ2v) is 6.06. The highest BCUT2D eigenvalue weighted by Crippen LogP contribution is 2.34. The molecule has 1 aromatic carbocycles. The lowest BCUT2D eigenvalue weighted by atomic mass is 10.1. The van der Waals surface area contributed by atoms with Crippen LogP contribution in [0, 0.1) is 12.7 Å². The SMILES string of the molecule is CNC(C)c1cc(F)c(C)cc1Sc1ccc(Cl)cn1. The highest BCUT2D eigenvalue weighted by molar-refractivity contribution is 7.99. The van der Waals surface area contributed by atoms with E-state index in [1.807, 2.05) is 26.1 Å². The number of pyridine rings is 1. The zero-order valence-electron chi connectivity index (χ0n) is 11.6. The average Bonchev–Trinajstić information content (AvgIpc) is 2.44. The molecule has 1 atom stereocenters. The van der Waals surface area contributed by atoms with Crippen molar-refractivity contribution in [3.63, 3.8) is 0 Å². The van der Waals surface area contributed by atoms with Gasteiger partial charge in [0, 0.05) is 17.1 Å². The fraction of sp³-hybridized carbons (Fsp3) is 0.267. The van der Waals surface area contributed by atoms with Crippen LogP contribution in [0.5, 0.6) is 0 Å². The lowest BCUT2D eigenvalue weighted by molar-refractivity contribution is 0.594. The Kier molecular flexibility index (Phi) is 5.02. The van der Waals surface area contributed by atoms with Gasteiger partial charge in [0.2, 0.25) is 0 Å². The molecule has 5 heteroatoms. The van der Waals surface area contributed by atoms with E-state index in [2.05, 4.69) is 10.3 Å². The molecule has 20 heavy (non-hydrogen) atoms. The quantitative estimate of drug-likeness (QED) is 0.892. The first-order valence-electron chi connectivity index (χ1n) is 6.28. The van der Waals surface area contributed by atoms with E-state index in [0.717, 1.165) is 15.5 Å². The van der Waals surface area contributed by atoms with Crippen molar-refractivity contribution in [2.75, 3.05) is 7.05 Å². The molecule has 2 aromatic rings. The predicted molar refractivity (Wildman–Crippen MR) is 82.0 cm³/mol. The molecule has 1 N–H and O–H groups in total. The summed E-state index contributed by atoms with van der Waals surface area (Å²) in [4.78, 5) is 5.27. The molecular weight excluding hydrogens is 295 g/mol. The van der Waals surface area contributed by atoms with Crippen LogP contribution in [0.15, 0.2) is 40.4 Å². The molecule has 0 bridgehead atoms. The molecule has 0 fully saturated rings. The maximum atomic E-state index is 13.8. The molecule has 2 rings (SSSR count). The first-order valence-corrected chi connectivity index (χ1v) is 7.47. The van der Waals surface area contributed by atoms with Crippen molar-refractivity contribution in [1.29, 1.82) is 0 Å². The van der Waals surface area contributed by atoms with Crippen molar-refractivity contribution < 1.29 is 4.39 Å². The van der Waals surface area contributed by atoms with E-state index < -0.39 is 0 Å². The van der Waals surface area contributed by atoms with Crippen LogP contribution < -0.4 is 5.32 Å². The summed E-state index contributed by atoms with van der Waals surface area (Å²) in [5.41, 5.74) is 1.56. The number of hydrogen-bond donors (Lipinski definition) is 1. The van der Waals surface area contributed by atoms with Crippen LogP contribution in [0.2, 0.25) is 5.02 Å². The molecule has 2 nitrogen and oxygen atoms in total. The van der Waals surface area contributed by atoms with Gasteiger partial charge >= 0.3 is 0 Å². The van der Waals surface area contributed by atoms with Crippen molar-refractivity contribution in [2.24, 2.45) is 0 Å². The maximum Gasteiger partial charge on any atom is 0.126 e. The van der Waals surface area contributed by atoms with Crippen molar-refractivity contribution in [3.8, 4) is 0 Å². The Balaban J connectivity index is 2.38. The van der Waals surface area contributed by atoms with Crippen molar-refractivity contribution in [3.05, 3.63) is 52.4 Å². The molecule has 0 aliphatic rings. The molecule has 0 saturated carbocycles. The molecule has 0 aliphatic heterocycles. The average molecular weight is 311 g/mol. The number of nitrogens with zero attached hydrogens (tertiary/aromatic N) is 1. The second-order valence-electron chi connectivity index (χ2n) is 4.57. The number of aromatic nitrogens is 1. The minimum Gasteiger partial charge on any atom is -0.313 e. The van der Waals surface area contributed by atoms with Gasteiger partial charge in [0.1, 0.15) is 10.8 Å². The summed E-state index contributed by atoms with van der Waals surface area (Å²) in [7, 11) is 1.86. The van der Waals surface area contributed by atoms with E-state index in [4.69, 9.17) is 11.6 Å². The predicted octanol–water partition coefficient (Wildman–Crippen LogP) is 4.61. The monoisotopic (exact) mass is 310 g/mol. The molecule has 1 unspecified atom stereocenters. The number of rotatable bonds is 4. The lowest BCUT2D eigenvalue weighted by Crippen LogP contribution is -2.13. The lowest BCUT2D eigenvalue weighted by Gasteiger charge is -2.16. The summed E-state index contributed by atoms with van der Waals surface area (Å²) in [6.07, 6.45) is 1.61. The number of nitrogens with one attached hydrogen (secondary N) is 1. The van der Waals surface area contributed by atoms with E-state index in [0.29, 0.717) is 10.6 Å². The normalized spacial score (nSPS) is 12.4. The molecule has 0 amide bonds. The molecule has 1 heterocycles. The minimum atomic E-state index is -0.185. The van der Waals surface area contributed by atoms with Crippen LogP contribution in [-0.2, 0) is 0 Å². The van der Waals surface area contributed by atoms with Gasteiger partial charge in [0.15, 0.2) is 0 Å². The number of aryl methyl sites for hydroxylation is 1. The van der Waals surface area contributed by atoms with E-state index in [-0.39, 0.29) is 11.9 Å². The van der Waals surface area contributed by atoms with Crippen molar-refractivity contribution in [1.82, 2.24) is 10.3 Å². The minimum absolute atomic E-state index is 0.0694. The summed E-state index contributed by atoms with van der Waals surface area (Å²) < 4.78 is 13.8. The second kappa shape index (κ2) is 6.57. The fourth-order valence-corrected chi connectivity index (χ4v) is 2.96. The third kappa shape index (κ3) is 3.51. The van der Waals surface area contributed by atoms with Crippen LogP contribution in [0.3, 0.4) is 0 Å². The van der Waals surface area contributed by atoms with E-state index >= 15 is 0 Å². The zero-order valence-corrected chi connectivity index (χ0v) is 13.1. The first kappa shape index (κ1) is 15.3. The largest absolute Gasteiger partial charge is 0.313 e. The number of halogens is 2. The Bertz CT molecular complexity index is 602. The van der Waals surface area contributed by atoms with Gasteiger partial charge in [-0.1, -0.05) is 23.4 Å². The van der Waals surface area contributed by atoms with Gasteiger partial charge in [-0.05, 0) is 56.3 Å². The van der Waals surface area contributed by atoms with Crippen LogP contribution in [0.4, 0.5) is 4.39 Å². The van der Waals surface area contributed by atoms with E-state index in [1.54, 1.807) is 25.3 Å². The summed E-state index contributed by atoms with van der Waals surface area (Å²) >= 11 is 7.35. The number of hydrogen-bond acceptors (Lipinski definition) is 3. The fourth-order valence-electron chi connectivity index (χ4n) is 1.79. The van der Waals surface area contributed by atoms with Crippen LogP contribution in [-0.4, -0.2) is 12.0 Å². The third-order valence-corrected chi connectivity index (χ3v) is 4.35. The summed E-state index contributed by atoms with van der Waals surface area (Å²) in [6, 6.07) is 7.18. The van der Waals surface area contributed by atoms with Crippen LogP contribution in [0.1, 0.15) is 24.1 Å².